The van der Waals surface area contributed by atoms with Crippen LogP contribution in [-0.4, -0.2) is 4.98 Å². The van der Waals surface area contributed by atoms with Gasteiger partial charge in [0.25, 0.3) is 0 Å². The molecule has 0 unspecified atom stereocenters. The first kappa shape index (κ1) is 10.9. The van der Waals surface area contributed by atoms with E-state index in [0.717, 1.165) is 10.2 Å². The van der Waals surface area contributed by atoms with Crippen LogP contribution in [-0.2, 0) is 0 Å². The first-order chi connectivity index (χ1) is 7.15. The van der Waals surface area contributed by atoms with Crippen molar-refractivity contribution in [2.75, 3.05) is 5.73 Å². The molecule has 2 nitrogen and oxygen atoms in total. The van der Waals surface area contributed by atoms with Crippen LogP contribution in [0.25, 0.3) is 12.2 Å². The van der Waals surface area contributed by atoms with E-state index in [1.54, 1.807) is 11.3 Å². The Balaban J connectivity index is 2.21. The summed E-state index contributed by atoms with van der Waals surface area (Å²) in [4.78, 5) is 6.66. The highest BCUT2D eigenvalue weighted by Gasteiger charge is 2.00. The van der Waals surface area contributed by atoms with Gasteiger partial charge in [0, 0.05) is 19.6 Å². The number of thiazole rings is 1. The molecule has 2 N–H and O–H groups in total. The molecule has 0 aliphatic carbocycles. The zero-order valence-corrected chi connectivity index (χ0v) is 11.2. The second kappa shape index (κ2) is 4.47. The summed E-state index contributed by atoms with van der Waals surface area (Å²) in [5.41, 5.74) is 6.46. The molecule has 2 aromatic rings. The summed E-state index contributed by atoms with van der Waals surface area (Å²) in [5.74, 6) is 0. The van der Waals surface area contributed by atoms with E-state index >= 15 is 0 Å². The van der Waals surface area contributed by atoms with Crippen molar-refractivity contribution < 1.29 is 0 Å². The molecular formula is C10H9BrN2S2. The summed E-state index contributed by atoms with van der Waals surface area (Å²) in [5, 5.41) is 2.55. The van der Waals surface area contributed by atoms with Crippen LogP contribution in [0.3, 0.4) is 0 Å². The van der Waals surface area contributed by atoms with Crippen LogP contribution in [0, 0.1) is 6.92 Å². The molecule has 0 atom stereocenters. The molecule has 0 fully saturated rings. The number of hydrogen-bond donors (Lipinski definition) is 1. The summed E-state index contributed by atoms with van der Waals surface area (Å²) >= 11 is 6.72. The van der Waals surface area contributed by atoms with E-state index < -0.39 is 0 Å². The maximum Gasteiger partial charge on any atom is 0.180 e. The highest BCUT2D eigenvalue weighted by Crippen LogP contribution is 2.28. The Kier molecular flexibility index (Phi) is 3.23. The van der Waals surface area contributed by atoms with Crippen LogP contribution in [0.15, 0.2) is 15.9 Å². The second-order valence-corrected chi connectivity index (χ2v) is 6.05. The molecule has 2 aromatic heterocycles. The summed E-state index contributed by atoms with van der Waals surface area (Å²) in [6.45, 7) is 2.09. The van der Waals surface area contributed by atoms with E-state index in [0.29, 0.717) is 5.13 Å². The number of aryl methyl sites for hydroxylation is 1. The Morgan fingerprint density at radius 2 is 2.27 bits per heavy atom. The lowest BCUT2D eigenvalue weighted by atomic mass is 10.3. The first-order valence-corrected chi connectivity index (χ1v) is 6.79. The van der Waals surface area contributed by atoms with Crippen molar-refractivity contribution in [1.29, 1.82) is 0 Å². The van der Waals surface area contributed by atoms with Crippen molar-refractivity contribution in [3.8, 4) is 0 Å². The van der Waals surface area contributed by atoms with Gasteiger partial charge >= 0.3 is 0 Å². The number of nitrogens with zero attached hydrogens (tertiary/aromatic N) is 1. The minimum absolute atomic E-state index is 0.607. The minimum Gasteiger partial charge on any atom is -0.375 e. The molecule has 0 saturated heterocycles. The molecule has 0 aliphatic heterocycles. The summed E-state index contributed by atoms with van der Waals surface area (Å²) < 4.78 is 1.13. The van der Waals surface area contributed by atoms with Crippen molar-refractivity contribution in [3.63, 3.8) is 0 Å². The zero-order chi connectivity index (χ0) is 10.8. The molecule has 0 aliphatic rings. The van der Waals surface area contributed by atoms with Gasteiger partial charge in [-0.2, -0.15) is 0 Å². The lowest BCUT2D eigenvalue weighted by molar-refractivity contribution is 1.39. The Morgan fingerprint density at radius 3 is 2.80 bits per heavy atom. The number of thiophene rings is 1. The Labute approximate surface area is 105 Å². The van der Waals surface area contributed by atoms with E-state index in [9.17, 15) is 0 Å². The van der Waals surface area contributed by atoms with Crippen molar-refractivity contribution in [2.45, 2.75) is 6.92 Å². The lowest BCUT2D eigenvalue weighted by Gasteiger charge is -1.86. The summed E-state index contributed by atoms with van der Waals surface area (Å²) in [7, 11) is 0. The van der Waals surface area contributed by atoms with Crippen LogP contribution < -0.4 is 5.73 Å². The van der Waals surface area contributed by atoms with Gasteiger partial charge in [-0.25, -0.2) is 4.98 Å². The highest BCUT2D eigenvalue weighted by atomic mass is 79.9. The predicted molar refractivity (Wildman–Crippen MR) is 72.2 cm³/mol. The normalized spacial score (nSPS) is 11.3. The molecular weight excluding hydrogens is 292 g/mol. The average molecular weight is 301 g/mol. The molecule has 0 aromatic carbocycles. The smallest absolute Gasteiger partial charge is 0.180 e. The molecule has 0 saturated carbocycles. The number of anilines is 1. The van der Waals surface area contributed by atoms with Gasteiger partial charge in [-0.05, 0) is 41.1 Å². The maximum atomic E-state index is 5.55. The van der Waals surface area contributed by atoms with Gasteiger partial charge in [0.15, 0.2) is 5.13 Å². The number of nitrogens with two attached hydrogens (primary N) is 1. The average Bonchev–Trinajstić information content (AvgIpc) is 2.70. The van der Waals surface area contributed by atoms with E-state index in [4.69, 9.17) is 5.73 Å². The topological polar surface area (TPSA) is 38.9 Å². The van der Waals surface area contributed by atoms with Gasteiger partial charge in [0.05, 0.1) is 5.69 Å². The fourth-order valence-corrected chi connectivity index (χ4v) is 3.37. The van der Waals surface area contributed by atoms with Crippen molar-refractivity contribution in [2.24, 2.45) is 0 Å². The van der Waals surface area contributed by atoms with E-state index in [1.807, 2.05) is 11.5 Å². The molecule has 0 bridgehead atoms. The Bertz CT molecular complexity index is 499. The monoisotopic (exact) mass is 300 g/mol. The van der Waals surface area contributed by atoms with Crippen LogP contribution in [0.4, 0.5) is 5.13 Å². The largest absolute Gasteiger partial charge is 0.375 e. The molecule has 2 heterocycles. The Hall–Kier alpha value is -0.650. The zero-order valence-electron chi connectivity index (χ0n) is 8.03. The van der Waals surface area contributed by atoms with Crippen LogP contribution in [0.2, 0.25) is 0 Å². The van der Waals surface area contributed by atoms with E-state index in [2.05, 4.69) is 40.0 Å². The van der Waals surface area contributed by atoms with E-state index in [1.165, 1.54) is 21.1 Å². The van der Waals surface area contributed by atoms with Crippen molar-refractivity contribution >= 4 is 55.9 Å². The summed E-state index contributed by atoms with van der Waals surface area (Å²) in [6, 6.07) is 2.11. The third-order valence-electron chi connectivity index (χ3n) is 1.78. The molecule has 5 heteroatoms. The van der Waals surface area contributed by atoms with Gasteiger partial charge in [0.2, 0.25) is 0 Å². The molecule has 0 amide bonds. The quantitative estimate of drug-likeness (QED) is 0.909. The lowest BCUT2D eigenvalue weighted by Crippen LogP contribution is -1.80. The fourth-order valence-electron chi connectivity index (χ4n) is 1.15. The SMILES string of the molecule is Cc1cc(Br)c(C=Cc2csc(N)n2)s1. The predicted octanol–water partition coefficient (Wildman–Crippen LogP) is 4.03. The molecule has 0 radical (unpaired) electrons. The number of aromatic nitrogens is 1. The third-order valence-corrected chi connectivity index (χ3v) is 4.41. The van der Waals surface area contributed by atoms with Crippen LogP contribution in [0.1, 0.15) is 15.4 Å². The minimum atomic E-state index is 0.607. The Morgan fingerprint density at radius 1 is 1.47 bits per heavy atom. The summed E-state index contributed by atoms with van der Waals surface area (Å²) in [6.07, 6.45) is 4.03. The van der Waals surface area contributed by atoms with Gasteiger partial charge < -0.3 is 5.73 Å². The van der Waals surface area contributed by atoms with E-state index in [-0.39, 0.29) is 0 Å². The number of rotatable bonds is 2. The van der Waals surface area contributed by atoms with Gasteiger partial charge in [-0.15, -0.1) is 22.7 Å². The van der Waals surface area contributed by atoms with Crippen molar-refractivity contribution in [1.82, 2.24) is 4.98 Å². The number of hydrogen-bond acceptors (Lipinski definition) is 4. The van der Waals surface area contributed by atoms with Crippen LogP contribution >= 0.6 is 38.6 Å². The van der Waals surface area contributed by atoms with Gasteiger partial charge in [-0.3, -0.25) is 0 Å². The third kappa shape index (κ3) is 2.68. The molecule has 0 spiro atoms. The second-order valence-electron chi connectivity index (χ2n) is 3.01. The molecule has 2 rings (SSSR count). The number of halogens is 1. The number of nitrogen functional groups attached to an aromatic ring is 1. The maximum absolute atomic E-state index is 5.55. The first-order valence-electron chi connectivity index (χ1n) is 4.30. The fraction of sp³-hybridized carbons (Fsp3) is 0.100. The highest BCUT2D eigenvalue weighted by molar-refractivity contribution is 9.10. The van der Waals surface area contributed by atoms with Crippen molar-refractivity contribution in [3.05, 3.63) is 31.4 Å². The van der Waals surface area contributed by atoms with Gasteiger partial charge in [-0.1, -0.05) is 0 Å². The van der Waals surface area contributed by atoms with Crippen LogP contribution in [0.5, 0.6) is 0 Å². The standard InChI is InChI=1S/C10H9BrN2S2/c1-6-4-8(11)9(15-6)3-2-7-5-14-10(12)13-7/h2-5H,1H3,(H2,12,13). The van der Waals surface area contributed by atoms with Gasteiger partial charge in [0.1, 0.15) is 0 Å². The molecule has 78 valence electrons. The molecule has 15 heavy (non-hydrogen) atoms.